The molecule has 0 aromatic carbocycles. The zero-order valence-corrected chi connectivity index (χ0v) is 54.9. The van der Waals surface area contributed by atoms with Crippen LogP contribution in [0.2, 0.25) is 0 Å². The third kappa shape index (κ3) is 68.6. The SMILES string of the molecule is CC/C=C\C/C=C\C/C=C\C/C=C\C/C=C\C/C=C\C/C=C\CCCCCCCC(=O)OC(COC(=O)CCCCCCCCCCCCCCCCCCCC/C=C\C/C=C\C/C=C\C/C=C\C/C=C\C/C=C\CC)COP(=O)(O)OCCN. The summed E-state index contributed by atoms with van der Waals surface area (Å²) in [5, 5.41) is 0. The maximum atomic E-state index is 12.7. The second-order valence-corrected chi connectivity index (χ2v) is 23.4. The van der Waals surface area contributed by atoms with Crippen LogP contribution in [0.4, 0.5) is 0 Å². The molecule has 0 fully saturated rings. The fraction of sp³-hybridized carbons (Fsp3) is 0.627. The van der Waals surface area contributed by atoms with Gasteiger partial charge in [-0.1, -0.05) is 294 Å². The van der Waals surface area contributed by atoms with Gasteiger partial charge in [-0.15, -0.1) is 0 Å². The van der Waals surface area contributed by atoms with Crippen LogP contribution in [0.1, 0.15) is 271 Å². The second kappa shape index (κ2) is 68.7. The topological polar surface area (TPSA) is 134 Å². The molecule has 0 aromatic rings. The van der Waals surface area contributed by atoms with Crippen LogP contribution >= 0.6 is 7.82 Å². The summed E-state index contributed by atoms with van der Waals surface area (Å²) in [6.45, 7) is 3.49. The standard InChI is InChI=1S/C75H124NO8P/c1-3-5-7-9-11-13-15-17-19-21-23-25-27-29-31-32-33-34-35-36-37-38-39-40-42-43-45-47-49-51-53-55-57-59-61-63-65-67-74(77)81-71-73(72-83-85(79,80)82-70-69-76)84-75(78)68-66-64-62-60-58-56-54-52-50-48-46-44-41-30-28-26-24-22-20-18-16-14-12-10-8-6-4-2/h5-8,11-14,17-20,23-26,29-31,33-34,41,46,48,52,54,73H,3-4,9-10,15-16,21-22,27-28,32,35-40,42-45,47,49-51,53,55-72,76H2,1-2H3,(H,79,80)/b7-5-,8-6-,13-11-,14-12-,19-17-,20-18-,25-23-,26-24-,31-29-,34-33-,41-30-,48-46-,54-52-. The van der Waals surface area contributed by atoms with Gasteiger partial charge in [0, 0.05) is 19.4 Å². The van der Waals surface area contributed by atoms with E-state index in [9.17, 15) is 19.0 Å². The summed E-state index contributed by atoms with van der Waals surface area (Å²) in [6, 6.07) is 0. The summed E-state index contributed by atoms with van der Waals surface area (Å²) in [5.41, 5.74) is 5.40. The van der Waals surface area contributed by atoms with E-state index in [4.69, 9.17) is 24.3 Å². The Morgan fingerprint density at radius 2 is 0.612 bits per heavy atom. The van der Waals surface area contributed by atoms with Gasteiger partial charge >= 0.3 is 19.8 Å². The molecule has 0 aromatic heterocycles. The lowest BCUT2D eigenvalue weighted by molar-refractivity contribution is -0.161. The molecule has 85 heavy (non-hydrogen) atoms. The van der Waals surface area contributed by atoms with Gasteiger partial charge < -0.3 is 20.1 Å². The Kier molecular flexibility index (Phi) is 65.2. The Balaban J connectivity index is 3.94. The summed E-state index contributed by atoms with van der Waals surface area (Å²) in [5.74, 6) is -0.853. The average Bonchev–Trinajstić information content (AvgIpc) is 3.53. The predicted octanol–water partition coefficient (Wildman–Crippen LogP) is 22.4. The molecule has 0 rings (SSSR count). The number of phosphoric ester groups is 1. The van der Waals surface area contributed by atoms with Gasteiger partial charge in [-0.05, 0) is 122 Å². The Labute approximate surface area is 521 Å². The average molecular weight is 1200 g/mol. The number of hydrogen-bond donors (Lipinski definition) is 2. The van der Waals surface area contributed by atoms with E-state index in [1.807, 2.05) is 0 Å². The van der Waals surface area contributed by atoms with E-state index < -0.39 is 26.5 Å². The molecule has 0 amide bonds. The largest absolute Gasteiger partial charge is 0.472 e. The van der Waals surface area contributed by atoms with E-state index in [2.05, 4.69) is 172 Å². The Morgan fingerprint density at radius 1 is 0.353 bits per heavy atom. The maximum Gasteiger partial charge on any atom is 0.472 e. The summed E-state index contributed by atoms with van der Waals surface area (Å²) < 4.78 is 33.1. The van der Waals surface area contributed by atoms with Crippen LogP contribution < -0.4 is 5.73 Å². The number of allylic oxidation sites excluding steroid dienone is 26. The molecule has 482 valence electrons. The fourth-order valence-corrected chi connectivity index (χ4v) is 9.74. The quantitative estimate of drug-likeness (QED) is 0.0264. The number of esters is 2. The zero-order chi connectivity index (χ0) is 61.6. The first-order valence-corrected chi connectivity index (χ1v) is 35.5. The summed E-state index contributed by atoms with van der Waals surface area (Å²) in [4.78, 5) is 35.3. The molecule has 0 saturated heterocycles. The fourth-order valence-electron chi connectivity index (χ4n) is 8.97. The molecule has 0 aliphatic heterocycles. The molecule has 2 unspecified atom stereocenters. The van der Waals surface area contributed by atoms with Gasteiger partial charge in [0.2, 0.25) is 0 Å². The number of hydrogen-bond acceptors (Lipinski definition) is 8. The monoisotopic (exact) mass is 1200 g/mol. The second-order valence-electron chi connectivity index (χ2n) is 21.9. The van der Waals surface area contributed by atoms with Gasteiger partial charge in [-0.25, -0.2) is 4.57 Å². The molecule has 0 radical (unpaired) electrons. The van der Waals surface area contributed by atoms with Crippen LogP contribution in [-0.4, -0.2) is 49.3 Å². The van der Waals surface area contributed by atoms with Gasteiger partial charge in [0.25, 0.3) is 0 Å². The minimum atomic E-state index is -4.41. The van der Waals surface area contributed by atoms with Crippen molar-refractivity contribution >= 4 is 19.8 Å². The van der Waals surface area contributed by atoms with Gasteiger partial charge in [0.05, 0.1) is 13.2 Å². The van der Waals surface area contributed by atoms with Gasteiger partial charge in [0.15, 0.2) is 6.10 Å². The number of ether oxygens (including phenoxy) is 2. The highest BCUT2D eigenvalue weighted by atomic mass is 31.2. The van der Waals surface area contributed by atoms with Crippen molar-refractivity contribution in [3.8, 4) is 0 Å². The van der Waals surface area contributed by atoms with Crippen molar-refractivity contribution in [2.75, 3.05) is 26.4 Å². The molecule has 3 N–H and O–H groups in total. The molecule has 0 heterocycles. The van der Waals surface area contributed by atoms with Gasteiger partial charge in [-0.2, -0.15) is 0 Å². The van der Waals surface area contributed by atoms with Gasteiger partial charge in [0.1, 0.15) is 6.61 Å². The van der Waals surface area contributed by atoms with Crippen molar-refractivity contribution in [1.82, 2.24) is 0 Å². The highest BCUT2D eigenvalue weighted by molar-refractivity contribution is 7.47. The zero-order valence-electron chi connectivity index (χ0n) is 54.0. The summed E-state index contributed by atoms with van der Waals surface area (Å²) in [6.07, 6.45) is 100. The molecule has 9 nitrogen and oxygen atoms in total. The predicted molar refractivity (Wildman–Crippen MR) is 366 cm³/mol. The molecule has 2 atom stereocenters. The Bertz CT molecular complexity index is 1950. The third-order valence-electron chi connectivity index (χ3n) is 13.9. The number of carbonyl (C=O) groups is 2. The lowest BCUT2D eigenvalue weighted by Crippen LogP contribution is -2.29. The smallest absolute Gasteiger partial charge is 0.462 e. The van der Waals surface area contributed by atoms with E-state index in [1.54, 1.807) is 0 Å². The molecule has 0 aliphatic rings. The number of carbonyl (C=O) groups excluding carboxylic acids is 2. The molecular formula is C75H124NO8P. The van der Waals surface area contributed by atoms with Gasteiger partial charge in [-0.3, -0.25) is 18.6 Å². The van der Waals surface area contributed by atoms with Crippen LogP contribution in [0.3, 0.4) is 0 Å². The molecule has 0 spiro atoms. The summed E-state index contributed by atoms with van der Waals surface area (Å²) >= 11 is 0. The van der Waals surface area contributed by atoms with Crippen LogP contribution in [0.15, 0.2) is 158 Å². The van der Waals surface area contributed by atoms with Crippen molar-refractivity contribution < 1.29 is 37.6 Å². The minimum Gasteiger partial charge on any atom is -0.462 e. The Hall–Kier alpha value is -4.37. The van der Waals surface area contributed by atoms with Crippen molar-refractivity contribution in [2.24, 2.45) is 5.73 Å². The Morgan fingerprint density at radius 3 is 0.906 bits per heavy atom. The first-order chi connectivity index (χ1) is 41.8. The van der Waals surface area contributed by atoms with E-state index in [0.717, 1.165) is 135 Å². The number of unbranched alkanes of at least 4 members (excludes halogenated alkanes) is 23. The van der Waals surface area contributed by atoms with Crippen molar-refractivity contribution in [3.63, 3.8) is 0 Å². The molecule has 0 saturated carbocycles. The molecule has 0 bridgehead atoms. The summed E-state index contributed by atoms with van der Waals surface area (Å²) in [7, 11) is -4.41. The van der Waals surface area contributed by atoms with Crippen molar-refractivity contribution in [3.05, 3.63) is 158 Å². The number of rotatable bonds is 62. The highest BCUT2D eigenvalue weighted by Crippen LogP contribution is 2.43. The number of phosphoric acid groups is 1. The minimum absolute atomic E-state index is 0.0430. The first kappa shape index (κ1) is 80.6. The lowest BCUT2D eigenvalue weighted by Gasteiger charge is -2.19. The maximum absolute atomic E-state index is 12.7. The molecule has 0 aliphatic carbocycles. The lowest BCUT2D eigenvalue weighted by atomic mass is 10.0. The van der Waals surface area contributed by atoms with E-state index in [-0.39, 0.29) is 38.6 Å². The van der Waals surface area contributed by atoms with E-state index >= 15 is 0 Å². The number of nitrogens with two attached hydrogens (primary N) is 1. The molecular weight excluding hydrogens is 1070 g/mol. The first-order valence-electron chi connectivity index (χ1n) is 34.0. The van der Waals surface area contributed by atoms with Crippen molar-refractivity contribution in [2.45, 2.75) is 277 Å². The van der Waals surface area contributed by atoms with Crippen LogP contribution in [-0.2, 0) is 32.7 Å². The van der Waals surface area contributed by atoms with E-state index in [1.165, 1.54) is 103 Å². The molecule has 10 heteroatoms. The van der Waals surface area contributed by atoms with Crippen LogP contribution in [0.25, 0.3) is 0 Å². The highest BCUT2D eigenvalue weighted by Gasteiger charge is 2.26. The van der Waals surface area contributed by atoms with E-state index in [0.29, 0.717) is 6.42 Å². The van der Waals surface area contributed by atoms with Crippen molar-refractivity contribution in [1.29, 1.82) is 0 Å². The van der Waals surface area contributed by atoms with Crippen LogP contribution in [0.5, 0.6) is 0 Å². The normalized spacial score (nSPS) is 14.0. The third-order valence-corrected chi connectivity index (χ3v) is 14.9. The van der Waals surface area contributed by atoms with Crippen LogP contribution in [0, 0.1) is 0 Å².